The van der Waals surface area contributed by atoms with Gasteiger partial charge in [-0.15, -0.1) is 24.0 Å². The summed E-state index contributed by atoms with van der Waals surface area (Å²) >= 11 is 0. The van der Waals surface area contributed by atoms with Gasteiger partial charge in [-0.1, -0.05) is 24.3 Å². The van der Waals surface area contributed by atoms with Gasteiger partial charge in [0, 0.05) is 30.2 Å². The number of aryl methyl sites for hydroxylation is 1. The molecule has 0 aliphatic heterocycles. The molecule has 0 unspecified atom stereocenters. The van der Waals surface area contributed by atoms with Crippen molar-refractivity contribution >= 4 is 50.9 Å². The Morgan fingerprint density at radius 3 is 2.52 bits per heavy atom. The first-order valence-corrected chi connectivity index (χ1v) is 11.5. The van der Waals surface area contributed by atoms with Gasteiger partial charge >= 0.3 is 0 Å². The fraction of sp³-hybridized carbons (Fsp3) is 0.318. The highest BCUT2D eigenvalue weighted by Gasteiger charge is 2.10. The van der Waals surface area contributed by atoms with Gasteiger partial charge in [-0.05, 0) is 62.2 Å². The molecule has 168 valence electrons. The maximum atomic E-state index is 11.8. The van der Waals surface area contributed by atoms with Crippen molar-refractivity contribution in [2.24, 2.45) is 4.99 Å². The van der Waals surface area contributed by atoms with E-state index in [0.717, 1.165) is 36.6 Å². The largest absolute Gasteiger partial charge is 0.361 e. The molecule has 0 fully saturated rings. The van der Waals surface area contributed by atoms with Crippen LogP contribution in [0.1, 0.15) is 23.6 Å². The predicted octanol–water partition coefficient (Wildman–Crippen LogP) is 3.30. The van der Waals surface area contributed by atoms with E-state index in [-0.39, 0.29) is 28.9 Å². The lowest BCUT2D eigenvalue weighted by atomic mass is 10.1. The van der Waals surface area contributed by atoms with Gasteiger partial charge in [0.05, 0.1) is 11.4 Å². The Kier molecular flexibility index (Phi) is 9.32. The Balaban J connectivity index is 0.00000341. The van der Waals surface area contributed by atoms with Crippen molar-refractivity contribution < 1.29 is 8.42 Å². The van der Waals surface area contributed by atoms with E-state index in [1.165, 1.54) is 23.6 Å². The van der Waals surface area contributed by atoms with Crippen molar-refractivity contribution in [1.29, 1.82) is 0 Å². The average Bonchev–Trinajstić information content (AvgIpc) is 3.14. The monoisotopic (exact) mass is 555 g/mol. The topological polar surface area (TPSA) is 98.4 Å². The minimum atomic E-state index is -3.42. The van der Waals surface area contributed by atoms with Crippen LogP contribution in [0.5, 0.6) is 0 Å². The summed E-state index contributed by atoms with van der Waals surface area (Å²) in [6.07, 6.45) is 2.95. The number of aliphatic imine (C=N–C) groups is 1. The standard InChI is InChI=1S/C22H29N5O2S.HI/c1-4-24-22(27-14-17-6-8-19(9-7-17)30(28,29)23-3)25-12-11-18-15-26-21-13-16(2)5-10-20(18)21;/h5-10,13,15,23,26H,4,11-12,14H2,1-3H3,(H2,24,25,27);1H. The molecule has 0 amide bonds. The van der Waals surface area contributed by atoms with Gasteiger partial charge in [0.25, 0.3) is 0 Å². The third-order valence-electron chi connectivity index (χ3n) is 4.88. The van der Waals surface area contributed by atoms with Gasteiger partial charge < -0.3 is 15.6 Å². The van der Waals surface area contributed by atoms with E-state index in [9.17, 15) is 8.42 Å². The normalized spacial score (nSPS) is 11.9. The first-order valence-electron chi connectivity index (χ1n) is 10.0. The van der Waals surface area contributed by atoms with Crippen LogP contribution in [0, 0.1) is 6.92 Å². The fourth-order valence-electron chi connectivity index (χ4n) is 3.23. The lowest BCUT2D eigenvalue weighted by Gasteiger charge is -2.11. The van der Waals surface area contributed by atoms with Crippen molar-refractivity contribution in [1.82, 2.24) is 20.3 Å². The lowest BCUT2D eigenvalue weighted by molar-refractivity contribution is 0.588. The van der Waals surface area contributed by atoms with Gasteiger partial charge in [0.2, 0.25) is 10.0 Å². The number of halogens is 1. The molecule has 0 bridgehead atoms. The van der Waals surface area contributed by atoms with Crippen molar-refractivity contribution in [2.45, 2.75) is 31.7 Å². The van der Waals surface area contributed by atoms with Crippen molar-refractivity contribution in [3.8, 4) is 0 Å². The molecule has 31 heavy (non-hydrogen) atoms. The minimum absolute atomic E-state index is 0. The number of aromatic nitrogens is 1. The number of hydrogen-bond acceptors (Lipinski definition) is 3. The summed E-state index contributed by atoms with van der Waals surface area (Å²) in [5.74, 6) is 0.736. The van der Waals surface area contributed by atoms with Gasteiger partial charge in [-0.3, -0.25) is 0 Å². The molecule has 1 aromatic heterocycles. The Bertz CT molecular complexity index is 1120. The van der Waals surface area contributed by atoms with E-state index in [2.05, 4.69) is 56.7 Å². The highest BCUT2D eigenvalue weighted by Crippen LogP contribution is 2.19. The van der Waals surface area contributed by atoms with E-state index in [1.807, 2.05) is 6.92 Å². The maximum Gasteiger partial charge on any atom is 0.240 e. The molecule has 0 saturated heterocycles. The summed E-state index contributed by atoms with van der Waals surface area (Å²) in [7, 11) is -2.02. The Hall–Kier alpha value is -2.11. The summed E-state index contributed by atoms with van der Waals surface area (Å²) in [6, 6.07) is 13.2. The summed E-state index contributed by atoms with van der Waals surface area (Å²) in [6.45, 7) is 6.09. The van der Waals surface area contributed by atoms with Gasteiger partial charge in [0.15, 0.2) is 5.96 Å². The third-order valence-corrected chi connectivity index (χ3v) is 6.31. The number of aromatic amines is 1. The number of fused-ring (bicyclic) bond motifs is 1. The summed E-state index contributed by atoms with van der Waals surface area (Å²) in [4.78, 5) is 8.19. The molecular weight excluding hydrogens is 525 g/mol. The Morgan fingerprint density at radius 2 is 1.84 bits per heavy atom. The van der Waals surface area contributed by atoms with Gasteiger partial charge in [-0.25, -0.2) is 18.1 Å². The molecule has 0 atom stereocenters. The Labute approximate surface area is 201 Å². The molecule has 7 nitrogen and oxygen atoms in total. The summed E-state index contributed by atoms with van der Waals surface area (Å²) in [5.41, 5.74) is 4.62. The molecule has 0 saturated carbocycles. The SMILES string of the molecule is CCNC(=NCc1ccc(S(=O)(=O)NC)cc1)NCCc1c[nH]c2cc(C)ccc12.I. The third kappa shape index (κ3) is 6.68. The number of benzene rings is 2. The number of nitrogens with one attached hydrogen (secondary N) is 4. The smallest absolute Gasteiger partial charge is 0.240 e. The molecule has 1 heterocycles. The second-order valence-corrected chi connectivity index (χ2v) is 8.97. The van der Waals surface area contributed by atoms with Crippen LogP contribution in [0.3, 0.4) is 0 Å². The minimum Gasteiger partial charge on any atom is -0.361 e. The second kappa shape index (κ2) is 11.5. The zero-order valence-corrected chi connectivity index (χ0v) is 21.2. The first-order chi connectivity index (χ1) is 14.4. The molecular formula is C22H30IN5O2S. The molecule has 3 rings (SSSR count). The number of nitrogens with zero attached hydrogens (tertiary/aromatic N) is 1. The van der Waals surface area contributed by atoms with E-state index >= 15 is 0 Å². The molecule has 0 radical (unpaired) electrons. The van der Waals surface area contributed by atoms with Crippen LogP contribution < -0.4 is 15.4 Å². The molecule has 0 spiro atoms. The maximum absolute atomic E-state index is 11.8. The van der Waals surface area contributed by atoms with Gasteiger partial charge in [-0.2, -0.15) is 0 Å². The quantitative estimate of drug-likeness (QED) is 0.195. The highest BCUT2D eigenvalue weighted by atomic mass is 127. The second-order valence-electron chi connectivity index (χ2n) is 7.09. The number of hydrogen-bond donors (Lipinski definition) is 4. The van der Waals surface area contributed by atoms with Crippen molar-refractivity contribution in [2.75, 3.05) is 20.1 Å². The van der Waals surface area contributed by atoms with Crippen LogP contribution >= 0.6 is 24.0 Å². The lowest BCUT2D eigenvalue weighted by Crippen LogP contribution is -2.38. The number of rotatable bonds is 8. The number of guanidine groups is 1. The molecule has 2 aromatic carbocycles. The van der Waals surface area contributed by atoms with Crippen molar-refractivity contribution in [3.05, 3.63) is 65.4 Å². The van der Waals surface area contributed by atoms with E-state index in [1.54, 1.807) is 24.3 Å². The Morgan fingerprint density at radius 1 is 1.10 bits per heavy atom. The molecule has 0 aliphatic carbocycles. The van der Waals surface area contributed by atoms with Crippen LogP contribution in [0.4, 0.5) is 0 Å². The molecule has 0 aliphatic rings. The van der Waals surface area contributed by atoms with Crippen LogP contribution in [-0.2, 0) is 23.0 Å². The zero-order chi connectivity index (χ0) is 21.6. The first kappa shape index (κ1) is 25.2. The van der Waals surface area contributed by atoms with Crippen LogP contribution in [-0.4, -0.2) is 39.5 Å². The van der Waals surface area contributed by atoms with Crippen LogP contribution in [0.2, 0.25) is 0 Å². The number of H-pyrrole nitrogens is 1. The van der Waals surface area contributed by atoms with E-state index < -0.39 is 10.0 Å². The average molecular weight is 555 g/mol. The van der Waals surface area contributed by atoms with E-state index in [4.69, 9.17) is 0 Å². The molecule has 3 aromatic rings. The summed E-state index contributed by atoms with van der Waals surface area (Å²) in [5, 5.41) is 7.87. The number of sulfonamides is 1. The molecule has 4 N–H and O–H groups in total. The van der Waals surface area contributed by atoms with Crippen molar-refractivity contribution in [3.63, 3.8) is 0 Å². The zero-order valence-electron chi connectivity index (χ0n) is 18.0. The van der Waals surface area contributed by atoms with Crippen LogP contribution in [0.15, 0.2) is 58.5 Å². The van der Waals surface area contributed by atoms with Gasteiger partial charge in [0.1, 0.15) is 0 Å². The summed E-state index contributed by atoms with van der Waals surface area (Å²) < 4.78 is 25.9. The fourth-order valence-corrected chi connectivity index (χ4v) is 3.96. The van der Waals surface area contributed by atoms with Crippen LogP contribution in [0.25, 0.3) is 10.9 Å². The molecule has 9 heteroatoms. The predicted molar refractivity (Wildman–Crippen MR) is 138 cm³/mol. The van der Waals surface area contributed by atoms with E-state index in [0.29, 0.717) is 6.54 Å². The highest BCUT2D eigenvalue weighted by molar-refractivity contribution is 14.0.